The SMILES string of the molecule is CCC(CC)C(=O)[O-].[Li+]. The number of carboxylic acids is 1. The predicted molar refractivity (Wildman–Crippen MR) is 29.1 cm³/mol. The quantitative estimate of drug-likeness (QED) is 0.379. The zero-order valence-electron chi connectivity index (χ0n) is 6.31. The van der Waals surface area contributed by atoms with Crippen LogP contribution in [0.15, 0.2) is 0 Å². The van der Waals surface area contributed by atoms with Crippen molar-refractivity contribution in [3.05, 3.63) is 0 Å². The number of carbonyl (C=O) groups excluding carboxylic acids is 1. The van der Waals surface area contributed by atoms with Gasteiger partial charge in [0.25, 0.3) is 0 Å². The maximum absolute atomic E-state index is 10.1. The molecule has 0 saturated heterocycles. The molecule has 0 aromatic rings. The van der Waals surface area contributed by atoms with Crippen molar-refractivity contribution in [2.24, 2.45) is 5.92 Å². The number of hydrogen-bond acceptors (Lipinski definition) is 2. The van der Waals surface area contributed by atoms with Crippen LogP contribution >= 0.6 is 0 Å². The van der Waals surface area contributed by atoms with Crippen molar-refractivity contribution < 1.29 is 28.8 Å². The van der Waals surface area contributed by atoms with E-state index in [1.54, 1.807) is 0 Å². The first-order valence-corrected chi connectivity index (χ1v) is 2.93. The Morgan fingerprint density at radius 3 is 1.78 bits per heavy atom. The van der Waals surface area contributed by atoms with Crippen LogP contribution in [0, 0.1) is 5.92 Å². The zero-order valence-corrected chi connectivity index (χ0v) is 6.31. The topological polar surface area (TPSA) is 40.1 Å². The van der Waals surface area contributed by atoms with Gasteiger partial charge in [-0.05, 0) is 18.8 Å². The van der Waals surface area contributed by atoms with Crippen molar-refractivity contribution in [3.63, 3.8) is 0 Å². The number of rotatable bonds is 3. The summed E-state index contributed by atoms with van der Waals surface area (Å²) in [5.74, 6) is -1.16. The molecule has 48 valence electrons. The van der Waals surface area contributed by atoms with Crippen LogP contribution in [0.2, 0.25) is 0 Å². The van der Waals surface area contributed by atoms with Crippen molar-refractivity contribution in [2.45, 2.75) is 26.7 Å². The van der Waals surface area contributed by atoms with Gasteiger partial charge in [0.15, 0.2) is 0 Å². The number of carboxylic acid groups (broad SMARTS) is 1. The Morgan fingerprint density at radius 2 is 1.78 bits per heavy atom. The molecule has 0 atom stereocenters. The van der Waals surface area contributed by atoms with Crippen LogP contribution in [0.25, 0.3) is 0 Å². The Morgan fingerprint density at radius 1 is 1.44 bits per heavy atom. The summed E-state index contributed by atoms with van der Waals surface area (Å²) in [5.41, 5.74) is 0. The second kappa shape index (κ2) is 6.19. The van der Waals surface area contributed by atoms with E-state index in [0.717, 1.165) is 0 Å². The molecule has 0 heterocycles. The minimum absolute atomic E-state index is 0. The Labute approximate surface area is 67.8 Å². The van der Waals surface area contributed by atoms with Crippen LogP contribution in [0.1, 0.15) is 26.7 Å². The Kier molecular flexibility index (Phi) is 8.13. The van der Waals surface area contributed by atoms with Gasteiger partial charge in [-0.25, -0.2) is 0 Å². The van der Waals surface area contributed by atoms with Gasteiger partial charge >= 0.3 is 18.9 Å². The second-order valence-electron chi connectivity index (χ2n) is 1.83. The van der Waals surface area contributed by atoms with Gasteiger partial charge in [-0.2, -0.15) is 0 Å². The minimum atomic E-state index is -0.921. The molecule has 0 N–H and O–H groups in total. The van der Waals surface area contributed by atoms with Crippen molar-refractivity contribution in [3.8, 4) is 0 Å². The molecule has 0 saturated carbocycles. The zero-order chi connectivity index (χ0) is 6.57. The van der Waals surface area contributed by atoms with Gasteiger partial charge in [-0.15, -0.1) is 0 Å². The Hall–Kier alpha value is 0.0674. The number of carbonyl (C=O) groups is 1. The fourth-order valence-corrected chi connectivity index (χ4v) is 0.622. The maximum Gasteiger partial charge on any atom is 1.00 e. The van der Waals surface area contributed by atoms with Gasteiger partial charge in [0.05, 0.1) is 0 Å². The maximum atomic E-state index is 10.1. The second-order valence-corrected chi connectivity index (χ2v) is 1.83. The van der Waals surface area contributed by atoms with Crippen LogP contribution in [-0.2, 0) is 4.79 Å². The molecule has 0 rings (SSSR count). The van der Waals surface area contributed by atoms with Crippen LogP contribution in [0.5, 0.6) is 0 Å². The van der Waals surface area contributed by atoms with E-state index in [-0.39, 0.29) is 24.8 Å². The van der Waals surface area contributed by atoms with Crippen LogP contribution in [-0.4, -0.2) is 5.97 Å². The van der Waals surface area contributed by atoms with E-state index >= 15 is 0 Å². The molecule has 0 radical (unpaired) electrons. The molecule has 0 fully saturated rings. The van der Waals surface area contributed by atoms with E-state index in [4.69, 9.17) is 0 Å². The van der Waals surface area contributed by atoms with Gasteiger partial charge < -0.3 is 9.90 Å². The first kappa shape index (κ1) is 11.8. The molecule has 9 heavy (non-hydrogen) atoms. The van der Waals surface area contributed by atoms with Crippen LogP contribution in [0.3, 0.4) is 0 Å². The molecule has 0 aromatic heterocycles. The molecular weight excluding hydrogens is 111 g/mol. The van der Waals surface area contributed by atoms with E-state index in [0.29, 0.717) is 12.8 Å². The standard InChI is InChI=1S/C6H12O2.Li/c1-3-5(4-2)6(7)8;/h5H,3-4H2,1-2H3,(H,7,8);/q;+1/p-1. The number of hydrogen-bond donors (Lipinski definition) is 0. The summed E-state index contributed by atoms with van der Waals surface area (Å²) in [6, 6.07) is 0. The average Bonchev–Trinajstić information content (AvgIpc) is 1.69. The summed E-state index contributed by atoms with van der Waals surface area (Å²) in [5, 5.41) is 10.1. The molecule has 0 aliphatic rings. The summed E-state index contributed by atoms with van der Waals surface area (Å²) in [7, 11) is 0. The molecule has 0 bridgehead atoms. The van der Waals surface area contributed by atoms with E-state index < -0.39 is 5.97 Å². The number of aliphatic carboxylic acids is 1. The van der Waals surface area contributed by atoms with Gasteiger partial charge in [0.1, 0.15) is 0 Å². The molecular formula is C6H11LiO2. The van der Waals surface area contributed by atoms with E-state index in [1.165, 1.54) is 0 Å². The van der Waals surface area contributed by atoms with E-state index in [9.17, 15) is 9.90 Å². The monoisotopic (exact) mass is 122 g/mol. The van der Waals surface area contributed by atoms with E-state index in [2.05, 4.69) is 0 Å². The summed E-state index contributed by atoms with van der Waals surface area (Å²) >= 11 is 0. The summed E-state index contributed by atoms with van der Waals surface area (Å²) in [4.78, 5) is 10.1. The smallest absolute Gasteiger partial charge is 0.550 e. The molecule has 0 aliphatic carbocycles. The van der Waals surface area contributed by atoms with Crippen LogP contribution in [0.4, 0.5) is 0 Å². The van der Waals surface area contributed by atoms with Gasteiger partial charge in [-0.3, -0.25) is 0 Å². The largest absolute Gasteiger partial charge is 1.00 e. The fourth-order valence-electron chi connectivity index (χ4n) is 0.622. The fraction of sp³-hybridized carbons (Fsp3) is 0.833. The van der Waals surface area contributed by atoms with Gasteiger partial charge in [0.2, 0.25) is 0 Å². The molecule has 2 nitrogen and oxygen atoms in total. The normalized spacial score (nSPS) is 8.78. The third-order valence-electron chi connectivity index (χ3n) is 1.32. The molecule has 0 aliphatic heterocycles. The minimum Gasteiger partial charge on any atom is -0.550 e. The Bertz CT molecular complexity index is 79.1. The third-order valence-corrected chi connectivity index (χ3v) is 1.32. The van der Waals surface area contributed by atoms with Gasteiger partial charge in [-0.1, -0.05) is 13.8 Å². The van der Waals surface area contributed by atoms with Crippen molar-refractivity contribution >= 4 is 5.97 Å². The van der Waals surface area contributed by atoms with Crippen molar-refractivity contribution in [2.75, 3.05) is 0 Å². The van der Waals surface area contributed by atoms with Gasteiger partial charge in [0, 0.05) is 5.97 Å². The Balaban J connectivity index is 0. The van der Waals surface area contributed by atoms with Crippen molar-refractivity contribution in [1.82, 2.24) is 0 Å². The van der Waals surface area contributed by atoms with E-state index in [1.807, 2.05) is 13.8 Å². The summed E-state index contributed by atoms with van der Waals surface area (Å²) in [6.45, 7) is 3.70. The predicted octanol–water partition coefficient (Wildman–Crippen LogP) is -2.82. The first-order valence-electron chi connectivity index (χ1n) is 2.93. The molecule has 0 amide bonds. The summed E-state index contributed by atoms with van der Waals surface area (Å²) in [6.07, 6.45) is 1.36. The molecule has 0 spiro atoms. The summed E-state index contributed by atoms with van der Waals surface area (Å²) < 4.78 is 0. The van der Waals surface area contributed by atoms with Crippen LogP contribution < -0.4 is 24.0 Å². The molecule has 0 aromatic carbocycles. The average molecular weight is 122 g/mol. The first-order chi connectivity index (χ1) is 3.72. The molecule has 0 unspecified atom stereocenters. The third kappa shape index (κ3) is 4.56. The van der Waals surface area contributed by atoms with Crippen molar-refractivity contribution in [1.29, 1.82) is 0 Å². The molecule has 3 heteroatoms.